The van der Waals surface area contributed by atoms with E-state index in [2.05, 4.69) is 6.08 Å². The zero-order valence-electron chi connectivity index (χ0n) is 16.0. The molecular weight excluding hydrogens is 399 g/mol. The number of sulfonamides is 1. The molecule has 1 saturated heterocycles. The normalized spacial score (nSPS) is 24.8. The summed E-state index contributed by atoms with van der Waals surface area (Å²) in [6.07, 6.45) is 1.48. The van der Waals surface area contributed by atoms with Gasteiger partial charge in [-0.25, -0.2) is 8.42 Å². The van der Waals surface area contributed by atoms with Crippen LogP contribution >= 0.6 is 0 Å². The third kappa shape index (κ3) is 3.85. The third-order valence-corrected chi connectivity index (χ3v) is 7.52. The number of hydrogen-bond acceptors (Lipinski definition) is 2. The van der Waals surface area contributed by atoms with Crippen molar-refractivity contribution in [2.24, 2.45) is 0 Å². The molecule has 1 aliphatic carbocycles. The predicted molar refractivity (Wildman–Crippen MR) is 105 cm³/mol. The summed E-state index contributed by atoms with van der Waals surface area (Å²) in [5, 5.41) is 0. The predicted octanol–water partition coefficient (Wildman–Crippen LogP) is 5.63. The van der Waals surface area contributed by atoms with Gasteiger partial charge in [0.1, 0.15) is 0 Å². The van der Waals surface area contributed by atoms with Gasteiger partial charge in [-0.15, -0.1) is 0 Å². The van der Waals surface area contributed by atoms with Gasteiger partial charge in [-0.2, -0.15) is 17.5 Å². The number of halogens is 3. The van der Waals surface area contributed by atoms with Crippen LogP contribution in [0.3, 0.4) is 0 Å². The highest BCUT2D eigenvalue weighted by Crippen LogP contribution is 2.52. The van der Waals surface area contributed by atoms with Gasteiger partial charge in [0.15, 0.2) is 0 Å². The van der Waals surface area contributed by atoms with Gasteiger partial charge >= 0.3 is 6.18 Å². The van der Waals surface area contributed by atoms with Crippen molar-refractivity contribution in [1.29, 1.82) is 0 Å². The number of allylic oxidation sites excluding steroid dienone is 1. The molecule has 29 heavy (non-hydrogen) atoms. The molecule has 1 fully saturated rings. The van der Waals surface area contributed by atoms with Gasteiger partial charge in [0, 0.05) is 0 Å². The largest absolute Gasteiger partial charge is 0.416 e. The minimum atomic E-state index is -4.42. The van der Waals surface area contributed by atoms with Gasteiger partial charge in [-0.05, 0) is 62.4 Å². The first-order valence-electron chi connectivity index (χ1n) is 9.66. The number of nitrogens with zero attached hydrogens (tertiary/aromatic N) is 1. The molecule has 2 aromatic rings. The average Bonchev–Trinajstić information content (AvgIpc) is 3.45. The van der Waals surface area contributed by atoms with Crippen molar-refractivity contribution in [3.8, 4) is 0 Å². The van der Waals surface area contributed by atoms with E-state index in [1.165, 1.54) is 16.4 Å². The summed E-state index contributed by atoms with van der Waals surface area (Å²) >= 11 is 0. The van der Waals surface area contributed by atoms with Crippen molar-refractivity contribution in [1.82, 2.24) is 4.31 Å². The van der Waals surface area contributed by atoms with Gasteiger partial charge in [0.2, 0.25) is 10.0 Å². The molecule has 0 saturated carbocycles. The van der Waals surface area contributed by atoms with Gasteiger partial charge in [0.05, 0.1) is 22.5 Å². The van der Waals surface area contributed by atoms with E-state index in [1.54, 1.807) is 24.3 Å². The molecule has 4 rings (SSSR count). The average molecular weight is 421 g/mol. The minimum absolute atomic E-state index is 0.207. The lowest BCUT2D eigenvalue weighted by Gasteiger charge is -2.12. The Hall–Kier alpha value is -2.12. The fourth-order valence-electron chi connectivity index (χ4n) is 4.04. The lowest BCUT2D eigenvalue weighted by molar-refractivity contribution is -0.137. The first kappa shape index (κ1) is 20.2. The zero-order valence-corrected chi connectivity index (χ0v) is 16.8. The number of alkyl halides is 3. The van der Waals surface area contributed by atoms with Gasteiger partial charge in [-0.3, -0.25) is 0 Å². The second-order valence-electron chi connectivity index (χ2n) is 7.68. The van der Waals surface area contributed by atoms with Crippen LogP contribution in [0.15, 0.2) is 65.1 Å². The Balaban J connectivity index is 1.70. The monoisotopic (exact) mass is 421 g/mol. The third-order valence-electron chi connectivity index (χ3n) is 5.64. The Morgan fingerprint density at radius 2 is 1.59 bits per heavy atom. The summed E-state index contributed by atoms with van der Waals surface area (Å²) in [7, 11) is -3.75. The number of rotatable bonds is 4. The van der Waals surface area contributed by atoms with Crippen LogP contribution in [0.5, 0.6) is 0 Å². The minimum Gasteiger partial charge on any atom is -0.207 e. The molecule has 3 atom stereocenters. The van der Waals surface area contributed by atoms with E-state index in [-0.39, 0.29) is 10.9 Å². The molecule has 0 amide bonds. The molecule has 2 aromatic carbocycles. The van der Waals surface area contributed by atoms with E-state index >= 15 is 0 Å². The quantitative estimate of drug-likeness (QED) is 0.474. The fraction of sp³-hybridized carbons (Fsp3) is 0.364. The highest BCUT2D eigenvalue weighted by Gasteiger charge is 2.57. The zero-order chi connectivity index (χ0) is 20.8. The van der Waals surface area contributed by atoms with Crippen LogP contribution in [-0.2, 0) is 16.2 Å². The highest BCUT2D eigenvalue weighted by molar-refractivity contribution is 7.89. The summed E-state index contributed by atoms with van der Waals surface area (Å²) in [5.41, 5.74) is 1.88. The SMILES string of the molecule is Cc1ccc(S(=O)(=O)N2[C@H](C3=CCCCC3)[C@H]2c2ccc(C(F)(F)F)cc2)cc1. The number of hydrogen-bond donors (Lipinski definition) is 0. The van der Waals surface area contributed by atoms with E-state index in [0.717, 1.165) is 49.0 Å². The van der Waals surface area contributed by atoms with Crippen LogP contribution in [0.25, 0.3) is 0 Å². The first-order chi connectivity index (χ1) is 13.7. The van der Waals surface area contributed by atoms with Crippen molar-refractivity contribution in [2.45, 2.75) is 55.8 Å². The molecule has 154 valence electrons. The molecule has 0 aromatic heterocycles. The summed E-state index contributed by atoms with van der Waals surface area (Å²) in [6, 6.07) is 10.7. The molecule has 0 bridgehead atoms. The van der Waals surface area contributed by atoms with Gasteiger partial charge < -0.3 is 0 Å². The topological polar surface area (TPSA) is 37.1 Å². The maximum atomic E-state index is 13.3. The van der Waals surface area contributed by atoms with Crippen LogP contribution in [0.4, 0.5) is 13.2 Å². The van der Waals surface area contributed by atoms with Crippen LogP contribution in [0, 0.1) is 6.92 Å². The Kier molecular flexibility index (Phi) is 5.07. The molecule has 0 radical (unpaired) electrons. The highest BCUT2D eigenvalue weighted by atomic mass is 32.2. The van der Waals surface area contributed by atoms with Gasteiger partial charge in [-0.1, -0.05) is 41.5 Å². The summed E-state index contributed by atoms with van der Waals surface area (Å²) < 4.78 is 66.7. The lowest BCUT2D eigenvalue weighted by Crippen LogP contribution is -2.16. The van der Waals surface area contributed by atoms with Crippen molar-refractivity contribution in [3.63, 3.8) is 0 Å². The summed E-state index contributed by atoms with van der Waals surface area (Å²) in [6.45, 7) is 1.88. The summed E-state index contributed by atoms with van der Waals surface area (Å²) in [4.78, 5) is 0.207. The Bertz CT molecular complexity index is 1030. The Morgan fingerprint density at radius 3 is 2.14 bits per heavy atom. The van der Waals surface area contributed by atoms with E-state index < -0.39 is 27.8 Å². The summed E-state index contributed by atoms with van der Waals surface area (Å²) in [5.74, 6) is 0. The van der Waals surface area contributed by atoms with E-state index in [4.69, 9.17) is 0 Å². The van der Waals surface area contributed by atoms with Crippen LogP contribution in [-0.4, -0.2) is 18.8 Å². The number of benzene rings is 2. The molecule has 1 heterocycles. The van der Waals surface area contributed by atoms with Crippen LogP contribution < -0.4 is 0 Å². The molecule has 2 aliphatic rings. The van der Waals surface area contributed by atoms with Crippen molar-refractivity contribution in [2.75, 3.05) is 0 Å². The van der Waals surface area contributed by atoms with E-state index in [9.17, 15) is 21.6 Å². The fourth-order valence-corrected chi connectivity index (χ4v) is 5.79. The van der Waals surface area contributed by atoms with E-state index in [1.807, 2.05) is 6.92 Å². The lowest BCUT2D eigenvalue weighted by atomic mass is 9.94. The van der Waals surface area contributed by atoms with Crippen LogP contribution in [0.1, 0.15) is 48.4 Å². The molecule has 1 aliphatic heterocycles. The smallest absolute Gasteiger partial charge is 0.207 e. The maximum Gasteiger partial charge on any atom is 0.416 e. The van der Waals surface area contributed by atoms with Crippen molar-refractivity contribution < 1.29 is 21.6 Å². The molecular formula is C22H22F3NO2S. The second-order valence-corrected chi connectivity index (χ2v) is 9.53. The standard InChI is InChI=1S/C22H22F3NO2S/c1-15-7-13-19(14-8-15)29(27,28)26-20(16-5-3-2-4-6-16)21(26)17-9-11-18(12-10-17)22(23,24)25/h5,7-14,20-21H,2-4,6H2,1H3/t20-,21-,26?/m1/s1. The molecule has 7 heteroatoms. The van der Waals surface area contributed by atoms with Crippen molar-refractivity contribution in [3.05, 3.63) is 76.9 Å². The Labute approximate surface area is 168 Å². The molecule has 1 unspecified atom stereocenters. The van der Waals surface area contributed by atoms with Crippen molar-refractivity contribution >= 4 is 10.0 Å². The van der Waals surface area contributed by atoms with Crippen LogP contribution in [0.2, 0.25) is 0 Å². The van der Waals surface area contributed by atoms with Gasteiger partial charge in [0.25, 0.3) is 0 Å². The maximum absolute atomic E-state index is 13.3. The Morgan fingerprint density at radius 1 is 0.931 bits per heavy atom. The molecule has 3 nitrogen and oxygen atoms in total. The second kappa shape index (κ2) is 7.29. The van der Waals surface area contributed by atoms with E-state index in [0.29, 0.717) is 5.56 Å². The molecule has 0 N–H and O–H groups in total. The first-order valence-corrected chi connectivity index (χ1v) is 11.1. The molecule has 0 spiro atoms. The number of aryl methyl sites for hydroxylation is 1.